The van der Waals surface area contributed by atoms with Crippen LogP contribution in [0.5, 0.6) is 0 Å². The van der Waals surface area contributed by atoms with Gasteiger partial charge in [-0.3, -0.25) is 4.79 Å². The third-order valence-corrected chi connectivity index (χ3v) is 4.19. The first-order valence-electron chi connectivity index (χ1n) is 7.73. The summed E-state index contributed by atoms with van der Waals surface area (Å²) in [5, 5.41) is 9.02. The van der Waals surface area contributed by atoms with E-state index in [1.165, 1.54) is 32.1 Å². The molecule has 0 spiro atoms. The summed E-state index contributed by atoms with van der Waals surface area (Å²) in [6, 6.07) is 0. The first-order chi connectivity index (χ1) is 9.22. The summed E-state index contributed by atoms with van der Waals surface area (Å²) in [7, 11) is 0. The van der Waals surface area contributed by atoms with E-state index in [0.29, 0.717) is 13.1 Å². The minimum absolute atomic E-state index is 0.0332. The minimum Gasteiger partial charge on any atom is -0.395 e. The van der Waals surface area contributed by atoms with E-state index in [0.717, 1.165) is 18.8 Å². The number of hydrogen-bond donors (Lipinski definition) is 1. The maximum atomic E-state index is 12.4. The zero-order valence-electron chi connectivity index (χ0n) is 12.3. The molecule has 3 nitrogen and oxygen atoms in total. The summed E-state index contributed by atoms with van der Waals surface area (Å²) in [5.74, 6) is 1.21. The van der Waals surface area contributed by atoms with Crippen LogP contribution in [0.2, 0.25) is 0 Å². The Bertz CT molecular complexity index is 270. The Kier molecular flexibility index (Phi) is 7.80. The average molecular weight is 267 g/mol. The molecule has 1 rings (SSSR count). The van der Waals surface area contributed by atoms with Gasteiger partial charge in [-0.25, -0.2) is 0 Å². The van der Waals surface area contributed by atoms with E-state index in [2.05, 4.69) is 13.5 Å². The van der Waals surface area contributed by atoms with Gasteiger partial charge in [0.25, 0.3) is 0 Å². The number of aliphatic hydroxyl groups is 1. The van der Waals surface area contributed by atoms with E-state index in [-0.39, 0.29) is 18.4 Å². The van der Waals surface area contributed by atoms with E-state index in [1.807, 2.05) is 0 Å². The molecule has 0 aromatic heterocycles. The van der Waals surface area contributed by atoms with Crippen molar-refractivity contribution in [2.75, 3.05) is 19.7 Å². The maximum Gasteiger partial charge on any atom is 0.226 e. The third kappa shape index (κ3) is 5.35. The molecular weight excluding hydrogens is 238 g/mol. The van der Waals surface area contributed by atoms with Gasteiger partial charge >= 0.3 is 0 Å². The van der Waals surface area contributed by atoms with Crippen molar-refractivity contribution < 1.29 is 9.90 Å². The van der Waals surface area contributed by atoms with Gasteiger partial charge in [0.05, 0.1) is 6.61 Å². The molecule has 1 saturated carbocycles. The fourth-order valence-electron chi connectivity index (χ4n) is 3.02. The van der Waals surface area contributed by atoms with Crippen molar-refractivity contribution in [1.29, 1.82) is 0 Å². The van der Waals surface area contributed by atoms with Gasteiger partial charge in [-0.2, -0.15) is 0 Å². The van der Waals surface area contributed by atoms with Crippen LogP contribution < -0.4 is 0 Å². The Hall–Kier alpha value is -0.830. The van der Waals surface area contributed by atoms with Crippen LogP contribution in [0.25, 0.3) is 0 Å². The standard InChI is InChI=1S/C16H29NO2/c1-3-5-6-14-7-9-15(10-8-14)16(19)17(11-4-2)12-13-18/h4,14-15,18H,2-3,5-13H2,1H3. The lowest BCUT2D eigenvalue weighted by Crippen LogP contribution is -2.39. The second kappa shape index (κ2) is 9.13. The Morgan fingerprint density at radius 3 is 2.58 bits per heavy atom. The SMILES string of the molecule is C=CCN(CCO)C(=O)C1CCC(CCCC)CC1. The van der Waals surface area contributed by atoms with Crippen LogP contribution in [0.3, 0.4) is 0 Å². The molecule has 0 atom stereocenters. The van der Waals surface area contributed by atoms with Crippen molar-refractivity contribution in [1.82, 2.24) is 4.90 Å². The van der Waals surface area contributed by atoms with Gasteiger partial charge in [0.2, 0.25) is 5.91 Å². The van der Waals surface area contributed by atoms with Crippen LogP contribution >= 0.6 is 0 Å². The highest BCUT2D eigenvalue weighted by Gasteiger charge is 2.28. The molecule has 0 heterocycles. The van der Waals surface area contributed by atoms with Crippen LogP contribution in [-0.4, -0.2) is 35.6 Å². The van der Waals surface area contributed by atoms with Crippen LogP contribution in [0.1, 0.15) is 51.9 Å². The predicted octanol–water partition coefficient (Wildman–Crippen LogP) is 2.99. The van der Waals surface area contributed by atoms with E-state index in [4.69, 9.17) is 5.11 Å². The molecule has 0 bridgehead atoms. The fraction of sp³-hybridized carbons (Fsp3) is 0.812. The van der Waals surface area contributed by atoms with Crippen molar-refractivity contribution in [2.45, 2.75) is 51.9 Å². The predicted molar refractivity (Wildman–Crippen MR) is 78.8 cm³/mol. The first kappa shape index (κ1) is 16.2. The molecule has 1 amide bonds. The second-order valence-corrected chi connectivity index (χ2v) is 5.66. The minimum atomic E-state index is 0.0332. The number of carbonyl (C=O) groups excluding carboxylic acids is 1. The quantitative estimate of drug-likeness (QED) is 0.687. The molecule has 1 aliphatic carbocycles. The Labute approximate surface area is 117 Å². The number of hydrogen-bond acceptors (Lipinski definition) is 2. The highest BCUT2D eigenvalue weighted by Crippen LogP contribution is 2.32. The highest BCUT2D eigenvalue weighted by atomic mass is 16.3. The van der Waals surface area contributed by atoms with Gasteiger partial charge in [0.1, 0.15) is 0 Å². The van der Waals surface area contributed by atoms with Gasteiger partial charge in [-0.05, 0) is 31.6 Å². The van der Waals surface area contributed by atoms with Crippen molar-refractivity contribution in [3.63, 3.8) is 0 Å². The molecule has 0 radical (unpaired) electrons. The Morgan fingerprint density at radius 2 is 2.05 bits per heavy atom. The smallest absolute Gasteiger partial charge is 0.226 e. The zero-order valence-corrected chi connectivity index (χ0v) is 12.3. The number of unbranched alkanes of at least 4 members (excludes halogenated alkanes) is 1. The summed E-state index contributed by atoms with van der Waals surface area (Å²) in [6.07, 6.45) is 10.1. The molecule has 0 aliphatic heterocycles. The molecule has 0 unspecified atom stereocenters. The fourth-order valence-corrected chi connectivity index (χ4v) is 3.02. The van der Waals surface area contributed by atoms with Crippen molar-refractivity contribution >= 4 is 5.91 Å². The number of rotatable bonds is 8. The lowest BCUT2D eigenvalue weighted by Gasteiger charge is -2.31. The van der Waals surface area contributed by atoms with Gasteiger partial charge in [0.15, 0.2) is 0 Å². The van der Waals surface area contributed by atoms with Gasteiger partial charge in [-0.1, -0.05) is 32.3 Å². The second-order valence-electron chi connectivity index (χ2n) is 5.66. The van der Waals surface area contributed by atoms with Crippen molar-refractivity contribution in [3.05, 3.63) is 12.7 Å². The first-order valence-corrected chi connectivity index (χ1v) is 7.73. The zero-order chi connectivity index (χ0) is 14.1. The highest BCUT2D eigenvalue weighted by molar-refractivity contribution is 5.79. The van der Waals surface area contributed by atoms with Crippen molar-refractivity contribution in [2.24, 2.45) is 11.8 Å². The van der Waals surface area contributed by atoms with Crippen LogP contribution in [0.4, 0.5) is 0 Å². The van der Waals surface area contributed by atoms with Gasteiger partial charge < -0.3 is 10.0 Å². The molecule has 0 aromatic rings. The third-order valence-electron chi connectivity index (χ3n) is 4.19. The summed E-state index contributed by atoms with van der Waals surface area (Å²) >= 11 is 0. The molecule has 110 valence electrons. The van der Waals surface area contributed by atoms with E-state index in [9.17, 15) is 4.79 Å². The summed E-state index contributed by atoms with van der Waals surface area (Å²) in [6.45, 7) is 6.93. The molecule has 1 N–H and O–H groups in total. The summed E-state index contributed by atoms with van der Waals surface area (Å²) in [5.41, 5.74) is 0. The molecule has 19 heavy (non-hydrogen) atoms. The molecule has 1 fully saturated rings. The average Bonchev–Trinajstić information content (AvgIpc) is 2.44. The number of carbonyl (C=O) groups is 1. The van der Waals surface area contributed by atoms with Crippen LogP contribution in [0, 0.1) is 11.8 Å². The van der Waals surface area contributed by atoms with E-state index in [1.54, 1.807) is 11.0 Å². The van der Waals surface area contributed by atoms with Crippen LogP contribution in [-0.2, 0) is 4.79 Å². The molecule has 1 aliphatic rings. The summed E-state index contributed by atoms with van der Waals surface area (Å²) < 4.78 is 0. The molecule has 0 saturated heterocycles. The largest absolute Gasteiger partial charge is 0.395 e. The van der Waals surface area contributed by atoms with E-state index < -0.39 is 0 Å². The molecule has 0 aromatic carbocycles. The topological polar surface area (TPSA) is 40.5 Å². The number of amides is 1. The lowest BCUT2D eigenvalue weighted by atomic mass is 9.79. The Morgan fingerprint density at radius 1 is 1.37 bits per heavy atom. The van der Waals surface area contributed by atoms with Crippen molar-refractivity contribution in [3.8, 4) is 0 Å². The lowest BCUT2D eigenvalue weighted by molar-refractivity contribution is -0.136. The van der Waals surface area contributed by atoms with Gasteiger partial charge in [-0.15, -0.1) is 6.58 Å². The summed E-state index contributed by atoms with van der Waals surface area (Å²) in [4.78, 5) is 14.1. The molecule has 3 heteroatoms. The normalized spacial score (nSPS) is 23.1. The monoisotopic (exact) mass is 267 g/mol. The van der Waals surface area contributed by atoms with Gasteiger partial charge in [0, 0.05) is 19.0 Å². The number of aliphatic hydroxyl groups excluding tert-OH is 1. The van der Waals surface area contributed by atoms with Crippen LogP contribution in [0.15, 0.2) is 12.7 Å². The number of nitrogens with zero attached hydrogens (tertiary/aromatic N) is 1. The maximum absolute atomic E-state index is 12.4. The molecular formula is C16H29NO2. The van der Waals surface area contributed by atoms with E-state index >= 15 is 0 Å². The Balaban J connectivity index is 2.40.